The number of nitrogens with zero attached hydrogens (tertiary/aromatic N) is 1. The molecule has 0 aliphatic rings. The molecule has 0 spiro atoms. The number of aryl methyl sites for hydroxylation is 2. The zero-order valence-electron chi connectivity index (χ0n) is 10.1. The van der Waals surface area contributed by atoms with Crippen LogP contribution in [-0.2, 0) is 0 Å². The molecule has 1 atom stereocenters. The monoisotopic (exact) mass is 250 g/mol. The van der Waals surface area contributed by atoms with Crippen LogP contribution < -0.4 is 5.73 Å². The SMILES string of the molecule is Cc1cc(-c2nc(C(C)N)sc2C)ccc1F. The van der Waals surface area contributed by atoms with Crippen molar-refractivity contribution in [2.24, 2.45) is 5.73 Å². The predicted octanol–water partition coefficient (Wildman–Crippen LogP) is 3.59. The lowest BCUT2D eigenvalue weighted by Gasteiger charge is -2.02. The third-order valence-electron chi connectivity index (χ3n) is 2.63. The minimum atomic E-state index is -0.186. The Bertz CT molecular complexity index is 546. The van der Waals surface area contributed by atoms with Gasteiger partial charge >= 0.3 is 0 Å². The summed E-state index contributed by atoms with van der Waals surface area (Å²) in [6, 6.07) is 5.00. The summed E-state index contributed by atoms with van der Waals surface area (Å²) in [4.78, 5) is 5.64. The number of hydrogen-bond acceptors (Lipinski definition) is 3. The van der Waals surface area contributed by atoms with Crippen LogP contribution in [0.4, 0.5) is 4.39 Å². The molecular weight excluding hydrogens is 235 g/mol. The Kier molecular flexibility index (Phi) is 3.26. The van der Waals surface area contributed by atoms with Crippen molar-refractivity contribution in [3.05, 3.63) is 39.5 Å². The topological polar surface area (TPSA) is 38.9 Å². The van der Waals surface area contributed by atoms with Gasteiger partial charge in [-0.2, -0.15) is 0 Å². The van der Waals surface area contributed by atoms with Crippen molar-refractivity contribution < 1.29 is 4.39 Å². The Balaban J connectivity index is 2.49. The molecule has 0 fully saturated rings. The van der Waals surface area contributed by atoms with Gasteiger partial charge < -0.3 is 5.73 Å². The van der Waals surface area contributed by atoms with E-state index in [0.717, 1.165) is 21.1 Å². The van der Waals surface area contributed by atoms with E-state index in [9.17, 15) is 4.39 Å². The Morgan fingerprint density at radius 1 is 1.35 bits per heavy atom. The van der Waals surface area contributed by atoms with E-state index < -0.39 is 0 Å². The highest BCUT2D eigenvalue weighted by molar-refractivity contribution is 7.12. The summed E-state index contributed by atoms with van der Waals surface area (Å²) in [5, 5.41) is 0.916. The second kappa shape index (κ2) is 4.55. The predicted molar refractivity (Wildman–Crippen MR) is 69.6 cm³/mol. The largest absolute Gasteiger partial charge is 0.322 e. The van der Waals surface area contributed by atoms with Gasteiger partial charge in [0.05, 0.1) is 11.7 Å². The lowest BCUT2D eigenvalue weighted by atomic mass is 10.1. The molecule has 1 unspecified atom stereocenters. The molecule has 0 bridgehead atoms. The molecule has 0 saturated carbocycles. The van der Waals surface area contributed by atoms with Crippen molar-refractivity contribution in [2.75, 3.05) is 0 Å². The standard InChI is InChI=1S/C13H15FN2S/c1-7-6-10(4-5-11(7)14)12-9(3)17-13(16-12)8(2)15/h4-6,8H,15H2,1-3H3. The molecule has 0 radical (unpaired) electrons. The van der Waals surface area contributed by atoms with Crippen molar-refractivity contribution in [1.29, 1.82) is 0 Å². The molecule has 17 heavy (non-hydrogen) atoms. The fourth-order valence-corrected chi connectivity index (χ4v) is 2.57. The number of rotatable bonds is 2. The van der Waals surface area contributed by atoms with Crippen LogP contribution in [0, 0.1) is 19.7 Å². The fraction of sp³-hybridized carbons (Fsp3) is 0.308. The van der Waals surface area contributed by atoms with Gasteiger partial charge in [0.25, 0.3) is 0 Å². The number of nitrogens with two attached hydrogens (primary N) is 1. The maximum atomic E-state index is 13.2. The van der Waals surface area contributed by atoms with Crippen LogP contribution in [0.25, 0.3) is 11.3 Å². The molecule has 0 saturated heterocycles. The van der Waals surface area contributed by atoms with Crippen LogP contribution in [0.15, 0.2) is 18.2 Å². The van der Waals surface area contributed by atoms with E-state index in [1.165, 1.54) is 6.07 Å². The first kappa shape index (κ1) is 12.2. The molecule has 0 aliphatic carbocycles. The van der Waals surface area contributed by atoms with E-state index in [2.05, 4.69) is 4.98 Å². The average molecular weight is 250 g/mol. The second-order valence-electron chi connectivity index (χ2n) is 4.21. The minimum Gasteiger partial charge on any atom is -0.322 e. The summed E-state index contributed by atoms with van der Waals surface area (Å²) in [5.74, 6) is -0.186. The van der Waals surface area contributed by atoms with Gasteiger partial charge in [-0.3, -0.25) is 0 Å². The summed E-state index contributed by atoms with van der Waals surface area (Å²) in [5.41, 5.74) is 8.31. The van der Waals surface area contributed by atoms with Crippen molar-refractivity contribution in [3.8, 4) is 11.3 Å². The third kappa shape index (κ3) is 2.37. The molecular formula is C13H15FN2S. The van der Waals surface area contributed by atoms with Crippen LogP contribution in [0.5, 0.6) is 0 Å². The highest BCUT2D eigenvalue weighted by Crippen LogP contribution is 2.30. The Morgan fingerprint density at radius 2 is 2.06 bits per heavy atom. The first-order valence-electron chi connectivity index (χ1n) is 5.48. The molecule has 2 aromatic rings. The van der Waals surface area contributed by atoms with Crippen molar-refractivity contribution in [1.82, 2.24) is 4.98 Å². The van der Waals surface area contributed by atoms with Crippen LogP contribution in [-0.4, -0.2) is 4.98 Å². The molecule has 4 heteroatoms. The van der Waals surface area contributed by atoms with Crippen LogP contribution in [0.3, 0.4) is 0 Å². The first-order chi connectivity index (χ1) is 7.99. The molecule has 1 heterocycles. The summed E-state index contributed by atoms with van der Waals surface area (Å²) >= 11 is 1.60. The van der Waals surface area contributed by atoms with E-state index in [1.54, 1.807) is 24.3 Å². The minimum absolute atomic E-state index is 0.0611. The first-order valence-corrected chi connectivity index (χ1v) is 6.30. The van der Waals surface area contributed by atoms with E-state index in [-0.39, 0.29) is 11.9 Å². The van der Waals surface area contributed by atoms with Gasteiger partial charge in [0, 0.05) is 10.4 Å². The molecule has 1 aromatic heterocycles. The van der Waals surface area contributed by atoms with E-state index in [1.807, 2.05) is 19.9 Å². The van der Waals surface area contributed by atoms with Crippen LogP contribution in [0.2, 0.25) is 0 Å². The maximum Gasteiger partial charge on any atom is 0.126 e. The summed E-state index contributed by atoms with van der Waals surface area (Å²) in [6.45, 7) is 5.68. The zero-order valence-corrected chi connectivity index (χ0v) is 10.9. The Hall–Kier alpha value is -1.26. The van der Waals surface area contributed by atoms with E-state index in [0.29, 0.717) is 5.56 Å². The van der Waals surface area contributed by atoms with Gasteiger partial charge in [0.2, 0.25) is 0 Å². The molecule has 2 nitrogen and oxygen atoms in total. The zero-order chi connectivity index (χ0) is 12.6. The van der Waals surface area contributed by atoms with Gasteiger partial charge in [0.1, 0.15) is 10.8 Å². The summed E-state index contributed by atoms with van der Waals surface area (Å²) in [6.07, 6.45) is 0. The van der Waals surface area contributed by atoms with Crippen LogP contribution in [0.1, 0.15) is 28.4 Å². The number of hydrogen-bond donors (Lipinski definition) is 1. The normalized spacial score (nSPS) is 12.8. The highest BCUT2D eigenvalue weighted by Gasteiger charge is 2.13. The molecule has 1 aromatic carbocycles. The molecule has 0 amide bonds. The lowest BCUT2D eigenvalue weighted by Crippen LogP contribution is -2.03. The average Bonchev–Trinajstić information content (AvgIpc) is 2.65. The van der Waals surface area contributed by atoms with Crippen LogP contribution >= 0.6 is 11.3 Å². The molecule has 2 rings (SSSR count). The highest BCUT2D eigenvalue weighted by atomic mass is 32.1. The number of halogens is 1. The Labute approximate surface area is 104 Å². The second-order valence-corrected chi connectivity index (χ2v) is 5.44. The van der Waals surface area contributed by atoms with Gasteiger partial charge in [-0.25, -0.2) is 9.37 Å². The van der Waals surface area contributed by atoms with Gasteiger partial charge in [-0.05, 0) is 44.5 Å². The molecule has 90 valence electrons. The number of thiazole rings is 1. The Morgan fingerprint density at radius 3 is 2.59 bits per heavy atom. The number of benzene rings is 1. The summed E-state index contributed by atoms with van der Waals surface area (Å²) in [7, 11) is 0. The van der Waals surface area contributed by atoms with E-state index in [4.69, 9.17) is 5.73 Å². The van der Waals surface area contributed by atoms with Crippen molar-refractivity contribution >= 4 is 11.3 Å². The van der Waals surface area contributed by atoms with Crippen molar-refractivity contribution in [3.63, 3.8) is 0 Å². The maximum absolute atomic E-state index is 13.2. The van der Waals surface area contributed by atoms with Gasteiger partial charge in [-0.1, -0.05) is 0 Å². The molecule has 2 N–H and O–H groups in total. The quantitative estimate of drug-likeness (QED) is 0.884. The molecule has 0 aliphatic heterocycles. The third-order valence-corrected chi connectivity index (χ3v) is 3.81. The van der Waals surface area contributed by atoms with Gasteiger partial charge in [0.15, 0.2) is 0 Å². The van der Waals surface area contributed by atoms with E-state index >= 15 is 0 Å². The lowest BCUT2D eigenvalue weighted by molar-refractivity contribution is 0.618. The number of aromatic nitrogens is 1. The van der Waals surface area contributed by atoms with Crippen molar-refractivity contribution in [2.45, 2.75) is 26.8 Å². The fourth-order valence-electron chi connectivity index (χ4n) is 1.67. The summed E-state index contributed by atoms with van der Waals surface area (Å²) < 4.78 is 13.2. The smallest absolute Gasteiger partial charge is 0.126 e. The van der Waals surface area contributed by atoms with Gasteiger partial charge in [-0.15, -0.1) is 11.3 Å².